The number of carbonyl (C=O) groups is 2. The Hall–Kier alpha value is -2.02. The van der Waals surface area contributed by atoms with Gasteiger partial charge in [0.05, 0.1) is 6.61 Å². The molecule has 126 valence electrons. The minimum absolute atomic E-state index is 0.00291. The van der Waals surface area contributed by atoms with E-state index in [1.807, 2.05) is 0 Å². The fourth-order valence-electron chi connectivity index (χ4n) is 2.65. The third kappa shape index (κ3) is 4.72. The number of aryl methyl sites for hydroxylation is 1. The number of benzene rings is 1. The summed E-state index contributed by atoms with van der Waals surface area (Å²) in [6.45, 7) is 0.880. The topological polar surface area (TPSA) is 75.6 Å². The number of halogens is 2. The molecule has 0 saturated carbocycles. The standard InChI is InChI=1S/C16H19F2NO4/c17-12-5-1-3-10(14(12)18)6-7-13(20)19-15(16(21)22)11-4-2-8-23-9-11/h1,3,5,11,15H,2,4,6-9H2,(H,19,20)(H,21,22). The van der Waals surface area contributed by atoms with Crippen molar-refractivity contribution in [3.05, 3.63) is 35.4 Å². The Morgan fingerprint density at radius 1 is 1.39 bits per heavy atom. The summed E-state index contributed by atoms with van der Waals surface area (Å²) in [4.78, 5) is 23.3. The van der Waals surface area contributed by atoms with Gasteiger partial charge in [0.1, 0.15) is 6.04 Å². The van der Waals surface area contributed by atoms with Crippen molar-refractivity contribution in [3.8, 4) is 0 Å². The van der Waals surface area contributed by atoms with Crippen LogP contribution in [0.15, 0.2) is 18.2 Å². The van der Waals surface area contributed by atoms with Gasteiger partial charge in [0, 0.05) is 18.9 Å². The van der Waals surface area contributed by atoms with Gasteiger partial charge in [-0.25, -0.2) is 13.6 Å². The van der Waals surface area contributed by atoms with E-state index in [2.05, 4.69) is 5.32 Å². The average Bonchev–Trinajstić information content (AvgIpc) is 2.54. The largest absolute Gasteiger partial charge is 0.480 e. The molecule has 2 unspecified atom stereocenters. The van der Waals surface area contributed by atoms with Crippen molar-refractivity contribution in [3.63, 3.8) is 0 Å². The van der Waals surface area contributed by atoms with Crippen LogP contribution in [0.25, 0.3) is 0 Å². The molecule has 23 heavy (non-hydrogen) atoms. The number of nitrogens with one attached hydrogen (secondary N) is 1. The molecule has 5 nitrogen and oxygen atoms in total. The zero-order valence-electron chi connectivity index (χ0n) is 12.6. The van der Waals surface area contributed by atoms with Crippen LogP contribution in [-0.4, -0.2) is 36.2 Å². The second kappa shape index (κ2) is 8.01. The van der Waals surface area contributed by atoms with Crippen molar-refractivity contribution in [2.75, 3.05) is 13.2 Å². The van der Waals surface area contributed by atoms with Crippen LogP contribution in [0, 0.1) is 17.6 Å². The minimum Gasteiger partial charge on any atom is -0.480 e. The number of aliphatic carboxylic acids is 1. The fraction of sp³-hybridized carbons (Fsp3) is 0.500. The van der Waals surface area contributed by atoms with Gasteiger partial charge in [-0.1, -0.05) is 12.1 Å². The molecular weight excluding hydrogens is 308 g/mol. The average molecular weight is 327 g/mol. The summed E-state index contributed by atoms with van der Waals surface area (Å²) in [6, 6.07) is 2.74. The molecule has 0 radical (unpaired) electrons. The number of rotatable bonds is 6. The second-order valence-electron chi connectivity index (χ2n) is 5.57. The van der Waals surface area contributed by atoms with E-state index in [0.29, 0.717) is 13.0 Å². The van der Waals surface area contributed by atoms with Gasteiger partial charge in [-0.15, -0.1) is 0 Å². The van der Waals surface area contributed by atoms with E-state index in [1.165, 1.54) is 12.1 Å². The van der Waals surface area contributed by atoms with E-state index in [1.54, 1.807) is 0 Å². The molecule has 1 heterocycles. The Morgan fingerprint density at radius 3 is 2.83 bits per heavy atom. The van der Waals surface area contributed by atoms with Crippen molar-refractivity contribution in [2.24, 2.45) is 5.92 Å². The van der Waals surface area contributed by atoms with Crippen LogP contribution >= 0.6 is 0 Å². The molecular formula is C16H19F2NO4. The molecule has 2 N–H and O–H groups in total. The van der Waals surface area contributed by atoms with Crippen molar-refractivity contribution in [1.82, 2.24) is 5.32 Å². The van der Waals surface area contributed by atoms with Gasteiger partial charge >= 0.3 is 5.97 Å². The molecule has 1 aromatic carbocycles. The Morgan fingerprint density at radius 2 is 2.17 bits per heavy atom. The molecule has 0 spiro atoms. The molecule has 2 atom stereocenters. The monoisotopic (exact) mass is 327 g/mol. The number of carboxylic acids is 1. The van der Waals surface area contributed by atoms with Crippen molar-refractivity contribution in [2.45, 2.75) is 31.7 Å². The Bertz CT molecular complexity index is 573. The normalized spacial score (nSPS) is 19.1. The highest BCUT2D eigenvalue weighted by Crippen LogP contribution is 2.18. The Kier molecular flexibility index (Phi) is 6.04. The zero-order valence-corrected chi connectivity index (χ0v) is 12.6. The lowest BCUT2D eigenvalue weighted by atomic mass is 9.93. The van der Waals surface area contributed by atoms with E-state index in [4.69, 9.17) is 4.74 Å². The lowest BCUT2D eigenvalue weighted by molar-refractivity contribution is -0.145. The third-order valence-corrected chi connectivity index (χ3v) is 3.90. The minimum atomic E-state index is -1.12. The molecule has 1 aliphatic rings. The van der Waals surface area contributed by atoms with Crippen LogP contribution in [0.2, 0.25) is 0 Å². The maximum absolute atomic E-state index is 13.5. The van der Waals surface area contributed by atoms with Gasteiger partial charge in [-0.2, -0.15) is 0 Å². The number of amides is 1. The van der Waals surface area contributed by atoms with E-state index in [-0.39, 0.29) is 30.9 Å². The number of hydrogen-bond donors (Lipinski definition) is 2. The van der Waals surface area contributed by atoms with Crippen LogP contribution in [0.1, 0.15) is 24.8 Å². The van der Waals surface area contributed by atoms with E-state index >= 15 is 0 Å². The maximum atomic E-state index is 13.5. The Labute approximate surface area is 132 Å². The van der Waals surface area contributed by atoms with Crippen LogP contribution in [0.3, 0.4) is 0 Å². The summed E-state index contributed by atoms with van der Waals surface area (Å²) in [7, 11) is 0. The van der Waals surface area contributed by atoms with Gasteiger partial charge in [0.15, 0.2) is 11.6 Å². The highest BCUT2D eigenvalue weighted by atomic mass is 19.2. The molecule has 1 aromatic rings. The molecule has 1 fully saturated rings. The summed E-state index contributed by atoms with van der Waals surface area (Å²) < 4.78 is 31.9. The van der Waals surface area contributed by atoms with Crippen molar-refractivity contribution >= 4 is 11.9 Å². The predicted molar refractivity (Wildman–Crippen MR) is 77.8 cm³/mol. The number of carbonyl (C=O) groups excluding carboxylic acids is 1. The fourth-order valence-corrected chi connectivity index (χ4v) is 2.65. The van der Waals surface area contributed by atoms with Gasteiger partial charge in [0.25, 0.3) is 0 Å². The first kappa shape index (κ1) is 17.3. The van der Waals surface area contributed by atoms with Gasteiger partial charge < -0.3 is 15.2 Å². The van der Waals surface area contributed by atoms with Crippen LogP contribution in [-0.2, 0) is 20.7 Å². The summed E-state index contributed by atoms with van der Waals surface area (Å²) in [5.41, 5.74) is 0.0908. The van der Waals surface area contributed by atoms with Crippen LogP contribution in [0.4, 0.5) is 8.78 Å². The molecule has 1 amide bonds. The zero-order chi connectivity index (χ0) is 16.8. The SMILES string of the molecule is O=C(CCc1cccc(F)c1F)NC(C(=O)O)C1CCCOC1. The number of ether oxygens (including phenoxy) is 1. The first-order valence-corrected chi connectivity index (χ1v) is 7.52. The second-order valence-corrected chi connectivity index (χ2v) is 5.57. The van der Waals surface area contributed by atoms with Crippen molar-refractivity contribution < 1.29 is 28.2 Å². The first-order valence-electron chi connectivity index (χ1n) is 7.52. The summed E-state index contributed by atoms with van der Waals surface area (Å²) >= 11 is 0. The molecule has 2 rings (SSSR count). The lowest BCUT2D eigenvalue weighted by Gasteiger charge is -2.28. The summed E-state index contributed by atoms with van der Waals surface area (Å²) in [5, 5.41) is 11.7. The molecule has 0 bridgehead atoms. The quantitative estimate of drug-likeness (QED) is 0.837. The van der Waals surface area contributed by atoms with Gasteiger partial charge in [-0.05, 0) is 30.9 Å². The van der Waals surface area contributed by atoms with Gasteiger partial charge in [-0.3, -0.25) is 4.79 Å². The maximum Gasteiger partial charge on any atom is 0.326 e. The van der Waals surface area contributed by atoms with Crippen LogP contribution < -0.4 is 5.32 Å². The molecule has 7 heteroatoms. The molecule has 0 aromatic heterocycles. The van der Waals surface area contributed by atoms with Crippen LogP contribution in [0.5, 0.6) is 0 Å². The highest BCUT2D eigenvalue weighted by Gasteiger charge is 2.31. The van der Waals surface area contributed by atoms with Crippen molar-refractivity contribution in [1.29, 1.82) is 0 Å². The lowest BCUT2D eigenvalue weighted by Crippen LogP contribution is -2.48. The first-order chi connectivity index (χ1) is 11.0. The summed E-state index contributed by atoms with van der Waals surface area (Å²) in [6.07, 6.45) is 1.30. The van der Waals surface area contributed by atoms with E-state index in [9.17, 15) is 23.5 Å². The van der Waals surface area contributed by atoms with E-state index in [0.717, 1.165) is 12.5 Å². The Balaban J connectivity index is 1.91. The summed E-state index contributed by atoms with van der Waals surface area (Å²) in [5.74, 6) is -3.85. The van der Waals surface area contributed by atoms with Gasteiger partial charge in [0.2, 0.25) is 5.91 Å². The number of carboxylic acid groups (broad SMARTS) is 1. The van der Waals surface area contributed by atoms with E-state index < -0.39 is 29.6 Å². The molecule has 1 aliphatic heterocycles. The smallest absolute Gasteiger partial charge is 0.326 e. The molecule has 0 aliphatic carbocycles. The third-order valence-electron chi connectivity index (χ3n) is 3.90. The molecule has 1 saturated heterocycles. The highest BCUT2D eigenvalue weighted by molar-refractivity contribution is 5.83. The predicted octanol–water partition coefficient (Wildman–Crippen LogP) is 1.89. The number of hydrogen-bond acceptors (Lipinski definition) is 3.